The largest absolute Gasteiger partial charge is 0.508 e. The molecule has 0 unspecified atom stereocenters. The van der Waals surface area contributed by atoms with Crippen LogP contribution in [0.1, 0.15) is 50.2 Å². The van der Waals surface area contributed by atoms with Gasteiger partial charge in [0.2, 0.25) is 23.6 Å². The third kappa shape index (κ3) is 11.4. The first-order chi connectivity index (χ1) is 23.5. The van der Waals surface area contributed by atoms with Gasteiger partial charge in [0.25, 0.3) is 0 Å². The molecule has 0 radical (unpaired) electrons. The fourth-order valence-corrected chi connectivity index (χ4v) is 6.02. The van der Waals surface area contributed by atoms with Crippen molar-refractivity contribution in [3.63, 3.8) is 0 Å². The number of amides is 4. The van der Waals surface area contributed by atoms with E-state index < -0.39 is 41.9 Å². The predicted molar refractivity (Wildman–Crippen MR) is 189 cm³/mol. The number of nitrogens with two attached hydrogens (primary N) is 2. The highest BCUT2D eigenvalue weighted by Crippen LogP contribution is 2.31. The summed E-state index contributed by atoms with van der Waals surface area (Å²) in [6, 6.07) is 7.09. The molecule has 0 saturated heterocycles. The highest BCUT2D eigenvalue weighted by Gasteiger charge is 2.35. The zero-order chi connectivity index (χ0) is 35.9. The summed E-state index contributed by atoms with van der Waals surface area (Å²) in [6.07, 6.45) is 2.21. The maximum absolute atomic E-state index is 14.3. The Morgan fingerprint density at radius 3 is 2.20 bits per heavy atom. The van der Waals surface area contributed by atoms with Crippen molar-refractivity contribution in [3.05, 3.63) is 47.5 Å². The van der Waals surface area contributed by atoms with Crippen LogP contribution in [0, 0.1) is 0 Å². The molecule has 2 aromatic rings. The van der Waals surface area contributed by atoms with E-state index in [0.29, 0.717) is 56.4 Å². The Labute approximate surface area is 288 Å². The summed E-state index contributed by atoms with van der Waals surface area (Å²) in [5, 5.41) is 36.3. The summed E-state index contributed by atoms with van der Waals surface area (Å²) in [5.41, 5.74) is 14.1. The molecule has 1 aliphatic heterocycles. The van der Waals surface area contributed by atoms with Crippen LogP contribution in [0.2, 0.25) is 0 Å². The lowest BCUT2D eigenvalue weighted by atomic mass is 9.95. The van der Waals surface area contributed by atoms with Gasteiger partial charge < -0.3 is 53.2 Å². The number of hydrogen-bond donors (Lipinski definition) is 9. The number of nitrogens with one attached hydrogen (secondary N) is 5. The van der Waals surface area contributed by atoms with Crippen LogP contribution >= 0.6 is 0 Å². The number of fused-ring (bicyclic) bond motifs is 5. The Morgan fingerprint density at radius 1 is 0.959 bits per heavy atom. The van der Waals surface area contributed by atoms with Gasteiger partial charge in [0.15, 0.2) is 0 Å². The number of hydrogen-bond acceptors (Lipinski definition) is 10. The SMILES string of the molecule is CCN1C(=O)[C@H](CCCNC)NC(=O)[C@@H](NC)Cc2cc(ccc2O)-c2ccc(O)c(c2)C[C@H]1C(=O)NCCC[C@H](N)CC(=O)NCCN. The Bertz CT molecular complexity index is 1420. The zero-order valence-electron chi connectivity index (χ0n) is 28.9. The van der Waals surface area contributed by atoms with Crippen molar-refractivity contribution in [2.24, 2.45) is 11.5 Å². The Morgan fingerprint density at radius 2 is 1.61 bits per heavy atom. The highest BCUT2D eigenvalue weighted by atomic mass is 16.3. The number of aromatic hydroxyl groups is 2. The van der Waals surface area contributed by atoms with Gasteiger partial charge in [-0.05, 0) is 99.8 Å². The van der Waals surface area contributed by atoms with E-state index in [0.717, 1.165) is 11.1 Å². The molecule has 4 amide bonds. The van der Waals surface area contributed by atoms with Gasteiger partial charge in [-0.25, -0.2) is 0 Å². The number of phenolic OH excluding ortho intramolecular Hbond substituents is 2. The van der Waals surface area contributed by atoms with Gasteiger partial charge >= 0.3 is 0 Å². The van der Waals surface area contributed by atoms with E-state index >= 15 is 0 Å². The van der Waals surface area contributed by atoms with Crippen LogP contribution < -0.4 is 38.1 Å². The average Bonchev–Trinajstić information content (AvgIpc) is 3.08. The Hall–Kier alpha value is -4.24. The second-order valence-corrected chi connectivity index (χ2v) is 12.4. The molecule has 11 N–H and O–H groups in total. The van der Waals surface area contributed by atoms with E-state index in [4.69, 9.17) is 11.5 Å². The molecule has 0 saturated carbocycles. The van der Waals surface area contributed by atoms with Gasteiger partial charge in [0, 0.05) is 51.5 Å². The summed E-state index contributed by atoms with van der Waals surface area (Å²) in [4.78, 5) is 55.3. The minimum Gasteiger partial charge on any atom is -0.508 e. The van der Waals surface area contributed by atoms with Gasteiger partial charge in [-0.3, -0.25) is 19.2 Å². The first-order valence-electron chi connectivity index (χ1n) is 17.1. The molecule has 3 rings (SSSR count). The molecule has 14 heteroatoms. The first kappa shape index (κ1) is 39.2. The van der Waals surface area contributed by atoms with Crippen LogP contribution in [0.15, 0.2) is 36.4 Å². The average molecular weight is 683 g/mol. The maximum atomic E-state index is 14.3. The topological polar surface area (TPSA) is 224 Å². The van der Waals surface area contributed by atoms with Crippen molar-refractivity contribution in [2.75, 3.05) is 46.8 Å². The zero-order valence-corrected chi connectivity index (χ0v) is 28.9. The van der Waals surface area contributed by atoms with Crippen molar-refractivity contribution >= 4 is 23.6 Å². The smallest absolute Gasteiger partial charge is 0.245 e. The van der Waals surface area contributed by atoms with Gasteiger partial charge in [-0.15, -0.1) is 0 Å². The minimum absolute atomic E-state index is 0.00712. The number of phenols is 2. The lowest BCUT2D eigenvalue weighted by molar-refractivity contribution is -0.143. The summed E-state index contributed by atoms with van der Waals surface area (Å²) in [5.74, 6) is -1.42. The summed E-state index contributed by atoms with van der Waals surface area (Å²) >= 11 is 0. The third-order valence-electron chi connectivity index (χ3n) is 8.80. The van der Waals surface area contributed by atoms with Crippen LogP contribution in [0.25, 0.3) is 11.1 Å². The standard InChI is InChI=1S/C35H54N8O6/c1-4-43-29(34(48)41-15-5-7-26(37)21-32(46)40-16-13-36)20-25-18-23(10-12-31(25)45)22-9-11-30(44)24(17-22)19-28(39-3)33(47)42-27(35(43)49)8-6-14-38-2/h9-12,17-18,26-29,38-39,44-45H,4-8,13-16,19-21,36-37H2,1-3H3,(H,40,46)(H,41,48)(H,42,47)/t26-,27-,28-,29-/m0/s1. The molecule has 49 heavy (non-hydrogen) atoms. The highest BCUT2D eigenvalue weighted by molar-refractivity contribution is 5.93. The predicted octanol–water partition coefficient (Wildman–Crippen LogP) is -0.158. The van der Waals surface area contributed by atoms with E-state index in [1.807, 2.05) is 0 Å². The third-order valence-corrected chi connectivity index (χ3v) is 8.80. The fourth-order valence-electron chi connectivity index (χ4n) is 6.02. The van der Waals surface area contributed by atoms with Crippen molar-refractivity contribution in [1.82, 2.24) is 31.5 Å². The Kier molecular flexibility index (Phi) is 15.7. The Balaban J connectivity index is 1.97. The first-order valence-corrected chi connectivity index (χ1v) is 17.1. The molecule has 270 valence electrons. The molecular formula is C35H54N8O6. The number of rotatable bonds is 15. The van der Waals surface area contributed by atoms with E-state index in [1.165, 1.54) is 4.90 Å². The lowest BCUT2D eigenvalue weighted by Gasteiger charge is -2.34. The second kappa shape index (κ2) is 19.7. The monoisotopic (exact) mass is 682 g/mol. The minimum atomic E-state index is -1.02. The molecule has 0 fully saturated rings. The molecule has 0 spiro atoms. The summed E-state index contributed by atoms with van der Waals surface area (Å²) in [6.45, 7) is 3.53. The van der Waals surface area contributed by atoms with Crippen LogP contribution in [0.3, 0.4) is 0 Å². The van der Waals surface area contributed by atoms with Gasteiger partial charge in [0.05, 0.1) is 6.04 Å². The van der Waals surface area contributed by atoms with Crippen molar-refractivity contribution in [3.8, 4) is 22.6 Å². The number of carbonyl (C=O) groups excluding carboxylic acids is 4. The number of benzene rings is 2. The van der Waals surface area contributed by atoms with Gasteiger partial charge in [-0.1, -0.05) is 12.1 Å². The molecule has 1 heterocycles. The molecule has 4 atom stereocenters. The number of carbonyl (C=O) groups is 4. The number of likely N-dealkylation sites (N-methyl/N-ethyl adjacent to an activating group) is 2. The molecular weight excluding hydrogens is 628 g/mol. The summed E-state index contributed by atoms with van der Waals surface area (Å²) < 4.78 is 0. The van der Waals surface area contributed by atoms with Gasteiger partial charge in [-0.2, -0.15) is 0 Å². The lowest BCUT2D eigenvalue weighted by Crippen LogP contribution is -2.58. The second-order valence-electron chi connectivity index (χ2n) is 12.4. The molecule has 0 aromatic heterocycles. The van der Waals surface area contributed by atoms with Crippen molar-refractivity contribution in [1.29, 1.82) is 0 Å². The van der Waals surface area contributed by atoms with Crippen molar-refractivity contribution < 1.29 is 29.4 Å². The van der Waals surface area contributed by atoms with Crippen LogP contribution in [-0.4, -0.2) is 110 Å². The van der Waals surface area contributed by atoms with Crippen LogP contribution in [0.5, 0.6) is 11.5 Å². The quantitative estimate of drug-likeness (QED) is 0.113. The van der Waals surface area contributed by atoms with E-state index in [9.17, 15) is 29.4 Å². The van der Waals surface area contributed by atoms with Crippen molar-refractivity contribution in [2.45, 2.75) is 76.0 Å². The normalized spacial score (nSPS) is 19.0. The summed E-state index contributed by atoms with van der Waals surface area (Å²) in [7, 11) is 3.45. The maximum Gasteiger partial charge on any atom is 0.245 e. The van der Waals surface area contributed by atoms with E-state index in [1.54, 1.807) is 57.4 Å². The van der Waals surface area contributed by atoms with Gasteiger partial charge in [0.1, 0.15) is 23.6 Å². The van der Waals surface area contributed by atoms with E-state index in [2.05, 4.69) is 26.6 Å². The van der Waals surface area contributed by atoms with E-state index in [-0.39, 0.29) is 49.8 Å². The molecule has 14 nitrogen and oxygen atoms in total. The molecule has 0 aliphatic carbocycles. The molecule has 1 aliphatic rings. The molecule has 2 aromatic carbocycles. The fraction of sp³-hybridized carbons (Fsp3) is 0.543. The number of nitrogens with zero attached hydrogens (tertiary/aromatic N) is 1. The van der Waals surface area contributed by atoms with Crippen LogP contribution in [-0.2, 0) is 32.0 Å². The molecule has 4 bridgehead atoms. The van der Waals surface area contributed by atoms with Crippen LogP contribution in [0.4, 0.5) is 0 Å².